The zero-order chi connectivity index (χ0) is 21.3. The van der Waals surface area contributed by atoms with Gasteiger partial charge in [-0.3, -0.25) is 9.69 Å². The molecule has 2 aliphatic rings. The lowest BCUT2D eigenvalue weighted by molar-refractivity contribution is -0.132. The van der Waals surface area contributed by atoms with Crippen molar-refractivity contribution in [3.63, 3.8) is 0 Å². The molecule has 1 amide bonds. The van der Waals surface area contributed by atoms with Crippen molar-refractivity contribution in [2.75, 3.05) is 13.2 Å². The van der Waals surface area contributed by atoms with Gasteiger partial charge in [0.25, 0.3) is 0 Å². The highest BCUT2D eigenvalue weighted by Gasteiger charge is 2.41. The predicted molar refractivity (Wildman–Crippen MR) is 115 cm³/mol. The third-order valence-electron chi connectivity index (χ3n) is 5.87. The average Bonchev–Trinajstić information content (AvgIpc) is 2.70. The van der Waals surface area contributed by atoms with Gasteiger partial charge in [-0.05, 0) is 55.0 Å². The van der Waals surface area contributed by atoms with E-state index >= 15 is 0 Å². The SMILES string of the molecule is C[C@@]1(c2cccc(Cc3cccc(F)c3)c2Cl)CC(=O)N(C2CCOCC2)C(N)=N1. The van der Waals surface area contributed by atoms with Crippen LogP contribution >= 0.6 is 11.6 Å². The van der Waals surface area contributed by atoms with Crippen molar-refractivity contribution in [1.82, 2.24) is 4.90 Å². The van der Waals surface area contributed by atoms with Gasteiger partial charge in [-0.15, -0.1) is 0 Å². The van der Waals surface area contributed by atoms with E-state index in [1.165, 1.54) is 12.1 Å². The van der Waals surface area contributed by atoms with E-state index in [1.54, 1.807) is 11.0 Å². The summed E-state index contributed by atoms with van der Waals surface area (Å²) in [4.78, 5) is 19.4. The van der Waals surface area contributed by atoms with Crippen molar-refractivity contribution >= 4 is 23.5 Å². The van der Waals surface area contributed by atoms with Gasteiger partial charge in [0.15, 0.2) is 5.96 Å². The first-order valence-corrected chi connectivity index (χ1v) is 10.5. The molecule has 1 saturated heterocycles. The van der Waals surface area contributed by atoms with Gasteiger partial charge < -0.3 is 10.5 Å². The Morgan fingerprint density at radius 1 is 1.27 bits per heavy atom. The molecule has 0 aliphatic carbocycles. The molecule has 5 nitrogen and oxygen atoms in total. The average molecular weight is 430 g/mol. The van der Waals surface area contributed by atoms with E-state index < -0.39 is 5.54 Å². The number of amides is 1. The number of rotatable bonds is 4. The van der Waals surface area contributed by atoms with Crippen LogP contribution in [-0.4, -0.2) is 36.0 Å². The standard InChI is InChI=1S/C23H25ClFN3O2/c1-23(14-20(29)28(22(26)27-23)18-8-10-30-11-9-18)19-7-3-5-16(21(19)24)12-15-4-2-6-17(25)13-15/h2-7,13,18H,8-12,14H2,1H3,(H2,26,27)/t23-/m0/s1. The number of carbonyl (C=O) groups is 1. The minimum atomic E-state index is -0.849. The molecule has 30 heavy (non-hydrogen) atoms. The number of nitrogens with zero attached hydrogens (tertiary/aromatic N) is 2. The van der Waals surface area contributed by atoms with Gasteiger partial charge >= 0.3 is 0 Å². The molecule has 2 aliphatic heterocycles. The van der Waals surface area contributed by atoms with Crippen LogP contribution in [-0.2, 0) is 21.5 Å². The zero-order valence-corrected chi connectivity index (χ0v) is 17.7. The summed E-state index contributed by atoms with van der Waals surface area (Å²) in [7, 11) is 0. The minimum absolute atomic E-state index is 0.0225. The molecule has 2 N–H and O–H groups in total. The van der Waals surface area contributed by atoms with Crippen LogP contribution in [0.5, 0.6) is 0 Å². The molecule has 0 saturated carbocycles. The first kappa shape index (κ1) is 20.8. The second-order valence-corrected chi connectivity index (χ2v) is 8.49. The Kier molecular flexibility index (Phi) is 5.80. The van der Waals surface area contributed by atoms with E-state index in [4.69, 9.17) is 27.1 Å². The predicted octanol–water partition coefficient (Wildman–Crippen LogP) is 4.01. The Hall–Kier alpha value is -2.44. The van der Waals surface area contributed by atoms with Crippen molar-refractivity contribution in [3.8, 4) is 0 Å². The molecule has 0 bridgehead atoms. The molecule has 7 heteroatoms. The third-order valence-corrected chi connectivity index (χ3v) is 6.32. The molecule has 1 fully saturated rings. The maximum Gasteiger partial charge on any atom is 0.232 e. The van der Waals surface area contributed by atoms with Crippen LogP contribution in [0.25, 0.3) is 0 Å². The number of halogens is 2. The number of nitrogens with two attached hydrogens (primary N) is 1. The summed E-state index contributed by atoms with van der Waals surface area (Å²) in [6, 6.07) is 12.2. The fraction of sp³-hybridized carbons (Fsp3) is 0.391. The lowest BCUT2D eigenvalue weighted by Gasteiger charge is -2.40. The number of aliphatic imine (C=N–C) groups is 1. The molecule has 0 unspecified atom stereocenters. The van der Waals surface area contributed by atoms with Crippen LogP contribution in [0.4, 0.5) is 4.39 Å². The second-order valence-electron chi connectivity index (χ2n) is 8.11. The van der Waals surface area contributed by atoms with E-state index in [-0.39, 0.29) is 30.1 Å². The summed E-state index contributed by atoms with van der Waals surface area (Å²) in [5.74, 6) is -0.106. The maximum absolute atomic E-state index is 13.6. The molecule has 4 rings (SSSR count). The zero-order valence-electron chi connectivity index (χ0n) is 16.9. The number of ether oxygens (including phenoxy) is 1. The molecule has 2 heterocycles. The molecular weight excluding hydrogens is 405 g/mol. The minimum Gasteiger partial charge on any atom is -0.381 e. The fourth-order valence-electron chi connectivity index (χ4n) is 4.34. The highest BCUT2D eigenvalue weighted by Crippen LogP contribution is 2.39. The van der Waals surface area contributed by atoms with Crippen LogP contribution in [0.15, 0.2) is 47.5 Å². The molecule has 0 radical (unpaired) electrons. The lowest BCUT2D eigenvalue weighted by Crippen LogP contribution is -2.55. The molecule has 158 valence electrons. The number of carbonyl (C=O) groups excluding carboxylic acids is 1. The van der Waals surface area contributed by atoms with Crippen molar-refractivity contribution in [1.29, 1.82) is 0 Å². The van der Waals surface area contributed by atoms with Crippen LogP contribution in [0.3, 0.4) is 0 Å². The van der Waals surface area contributed by atoms with Crippen LogP contribution < -0.4 is 5.73 Å². The molecule has 2 aromatic carbocycles. The normalized spacial score (nSPS) is 22.8. The number of benzene rings is 2. The van der Waals surface area contributed by atoms with Crippen molar-refractivity contribution in [2.45, 2.75) is 44.2 Å². The summed E-state index contributed by atoms with van der Waals surface area (Å²) in [6.45, 7) is 3.12. The summed E-state index contributed by atoms with van der Waals surface area (Å²) < 4.78 is 19.0. The van der Waals surface area contributed by atoms with Gasteiger partial charge in [-0.1, -0.05) is 41.9 Å². The van der Waals surface area contributed by atoms with Gasteiger partial charge in [-0.25, -0.2) is 9.38 Å². The Bertz CT molecular complexity index is 990. The first-order valence-electron chi connectivity index (χ1n) is 10.1. The summed E-state index contributed by atoms with van der Waals surface area (Å²) in [5, 5.41) is 0.535. The highest BCUT2D eigenvalue weighted by atomic mass is 35.5. The van der Waals surface area contributed by atoms with Gasteiger partial charge in [0.05, 0.1) is 12.0 Å². The molecule has 2 aromatic rings. The second kappa shape index (κ2) is 8.36. The van der Waals surface area contributed by atoms with Crippen LogP contribution in [0, 0.1) is 5.82 Å². The van der Waals surface area contributed by atoms with Crippen molar-refractivity contribution in [2.24, 2.45) is 10.7 Å². The topological polar surface area (TPSA) is 67.9 Å². The first-order chi connectivity index (χ1) is 14.4. The monoisotopic (exact) mass is 429 g/mol. The van der Waals surface area contributed by atoms with Crippen molar-refractivity contribution < 1.29 is 13.9 Å². The Labute approximate surface area is 180 Å². The highest BCUT2D eigenvalue weighted by molar-refractivity contribution is 6.32. The van der Waals surface area contributed by atoms with Gasteiger partial charge in [0, 0.05) is 24.3 Å². The summed E-state index contributed by atoms with van der Waals surface area (Å²) >= 11 is 6.76. The largest absolute Gasteiger partial charge is 0.381 e. The maximum atomic E-state index is 13.6. The lowest BCUT2D eigenvalue weighted by atomic mass is 9.85. The number of hydrogen-bond acceptors (Lipinski definition) is 4. The third kappa shape index (κ3) is 4.07. The number of hydrogen-bond donors (Lipinski definition) is 1. The van der Waals surface area contributed by atoms with Crippen LogP contribution in [0.2, 0.25) is 5.02 Å². The van der Waals surface area contributed by atoms with Gasteiger partial charge in [0.2, 0.25) is 5.91 Å². The van der Waals surface area contributed by atoms with Gasteiger partial charge in [-0.2, -0.15) is 0 Å². The van der Waals surface area contributed by atoms with Crippen molar-refractivity contribution in [3.05, 3.63) is 70.0 Å². The quantitative estimate of drug-likeness (QED) is 0.798. The van der Waals surface area contributed by atoms with E-state index in [0.29, 0.717) is 24.7 Å². The Balaban J connectivity index is 1.65. The molecular formula is C23H25ClFN3O2. The van der Waals surface area contributed by atoms with Crippen LogP contribution in [0.1, 0.15) is 42.9 Å². The Morgan fingerprint density at radius 3 is 2.70 bits per heavy atom. The van der Waals surface area contributed by atoms with E-state index in [2.05, 4.69) is 0 Å². The fourth-order valence-corrected chi connectivity index (χ4v) is 4.74. The summed E-state index contributed by atoms with van der Waals surface area (Å²) in [5.41, 5.74) is 7.85. The smallest absolute Gasteiger partial charge is 0.232 e. The summed E-state index contributed by atoms with van der Waals surface area (Å²) in [6.07, 6.45) is 2.18. The van der Waals surface area contributed by atoms with E-state index in [0.717, 1.165) is 29.5 Å². The molecule has 0 spiro atoms. The Morgan fingerprint density at radius 2 is 2.00 bits per heavy atom. The van der Waals surface area contributed by atoms with E-state index in [9.17, 15) is 9.18 Å². The number of guanidine groups is 1. The van der Waals surface area contributed by atoms with E-state index in [1.807, 2.05) is 31.2 Å². The van der Waals surface area contributed by atoms with Gasteiger partial charge in [0.1, 0.15) is 5.82 Å². The molecule has 1 atom stereocenters. The molecule has 0 aromatic heterocycles.